The molecule has 0 spiro atoms. The second kappa shape index (κ2) is 6.60. The molecule has 0 radical (unpaired) electrons. The van der Waals surface area contributed by atoms with E-state index < -0.39 is 5.97 Å². The molecule has 2 aromatic heterocycles. The van der Waals surface area contributed by atoms with Crippen LogP contribution in [0.1, 0.15) is 44.5 Å². The summed E-state index contributed by atoms with van der Waals surface area (Å²) in [6.45, 7) is 3.62. The first-order valence-electron chi connectivity index (χ1n) is 7.67. The number of ether oxygens (including phenoxy) is 1. The SMILES string of the molecule is COC(=O)c1csc(C(=O)c2cn(C(=O)C(C)C)c3ccccc23)n1. The summed E-state index contributed by atoms with van der Waals surface area (Å²) in [6.07, 6.45) is 1.55. The quantitative estimate of drug-likeness (QED) is 0.529. The molecule has 1 aromatic carbocycles. The monoisotopic (exact) mass is 356 g/mol. The highest BCUT2D eigenvalue weighted by Crippen LogP contribution is 2.26. The number of aromatic nitrogens is 2. The molecule has 0 atom stereocenters. The molecule has 0 aliphatic heterocycles. The highest BCUT2D eigenvalue weighted by Gasteiger charge is 2.23. The van der Waals surface area contributed by atoms with Crippen molar-refractivity contribution in [1.29, 1.82) is 0 Å². The van der Waals surface area contributed by atoms with Crippen molar-refractivity contribution in [2.75, 3.05) is 7.11 Å². The van der Waals surface area contributed by atoms with Crippen LogP contribution in [0.4, 0.5) is 0 Å². The summed E-state index contributed by atoms with van der Waals surface area (Å²) in [5.41, 5.74) is 1.16. The Morgan fingerprint density at radius 3 is 2.60 bits per heavy atom. The number of para-hydroxylation sites is 1. The Kier molecular flexibility index (Phi) is 4.50. The molecule has 0 aliphatic carbocycles. The molecule has 6 nitrogen and oxygen atoms in total. The highest BCUT2D eigenvalue weighted by molar-refractivity contribution is 7.12. The number of esters is 1. The highest BCUT2D eigenvalue weighted by atomic mass is 32.1. The van der Waals surface area contributed by atoms with Crippen LogP contribution in [0.3, 0.4) is 0 Å². The lowest BCUT2D eigenvalue weighted by Gasteiger charge is -2.06. The molecule has 0 saturated heterocycles. The lowest BCUT2D eigenvalue weighted by atomic mass is 10.1. The Labute approximate surface area is 148 Å². The van der Waals surface area contributed by atoms with Crippen molar-refractivity contribution in [2.24, 2.45) is 5.92 Å². The van der Waals surface area contributed by atoms with Gasteiger partial charge in [-0.15, -0.1) is 11.3 Å². The maximum absolute atomic E-state index is 12.9. The van der Waals surface area contributed by atoms with E-state index in [0.29, 0.717) is 16.5 Å². The maximum atomic E-state index is 12.9. The summed E-state index contributed by atoms with van der Waals surface area (Å²) in [6, 6.07) is 7.22. The van der Waals surface area contributed by atoms with E-state index in [2.05, 4.69) is 9.72 Å². The van der Waals surface area contributed by atoms with Gasteiger partial charge in [-0.05, 0) is 6.07 Å². The van der Waals surface area contributed by atoms with Gasteiger partial charge < -0.3 is 4.74 Å². The van der Waals surface area contributed by atoms with Gasteiger partial charge >= 0.3 is 5.97 Å². The van der Waals surface area contributed by atoms with E-state index in [4.69, 9.17) is 0 Å². The summed E-state index contributed by atoms with van der Waals surface area (Å²) in [5, 5.41) is 2.34. The number of carbonyl (C=O) groups excluding carboxylic acids is 3. The Morgan fingerprint density at radius 2 is 1.92 bits per heavy atom. The molecule has 0 N–H and O–H groups in total. The van der Waals surface area contributed by atoms with Crippen LogP contribution < -0.4 is 0 Å². The topological polar surface area (TPSA) is 78.3 Å². The van der Waals surface area contributed by atoms with Gasteiger partial charge in [0, 0.05) is 22.9 Å². The van der Waals surface area contributed by atoms with Crippen molar-refractivity contribution >= 4 is 39.9 Å². The molecule has 0 aliphatic rings. The second-order valence-corrected chi connectivity index (χ2v) is 6.64. The van der Waals surface area contributed by atoms with Crippen molar-refractivity contribution in [1.82, 2.24) is 9.55 Å². The molecule has 3 rings (SSSR count). The van der Waals surface area contributed by atoms with Crippen molar-refractivity contribution in [3.8, 4) is 0 Å². The van der Waals surface area contributed by atoms with Crippen LogP contribution in [-0.2, 0) is 4.74 Å². The Morgan fingerprint density at radius 1 is 1.20 bits per heavy atom. The molecular formula is C18H16N2O4S. The average Bonchev–Trinajstić information content (AvgIpc) is 3.25. The summed E-state index contributed by atoms with van der Waals surface area (Å²) >= 11 is 1.07. The third-order valence-electron chi connectivity index (χ3n) is 3.78. The Hall–Kier alpha value is -2.80. The molecule has 7 heteroatoms. The van der Waals surface area contributed by atoms with Crippen LogP contribution in [-0.4, -0.2) is 34.3 Å². The lowest BCUT2D eigenvalue weighted by molar-refractivity contribution is 0.0594. The van der Waals surface area contributed by atoms with Gasteiger partial charge in [-0.3, -0.25) is 14.2 Å². The number of fused-ring (bicyclic) bond motifs is 1. The van der Waals surface area contributed by atoms with Gasteiger partial charge in [0.05, 0.1) is 18.2 Å². The number of nitrogens with zero attached hydrogens (tertiary/aromatic N) is 2. The zero-order valence-corrected chi connectivity index (χ0v) is 14.8. The van der Waals surface area contributed by atoms with E-state index in [9.17, 15) is 14.4 Å². The van der Waals surface area contributed by atoms with Crippen LogP contribution in [0.5, 0.6) is 0 Å². The van der Waals surface area contributed by atoms with Crippen LogP contribution in [0.2, 0.25) is 0 Å². The first-order valence-corrected chi connectivity index (χ1v) is 8.54. The van der Waals surface area contributed by atoms with Crippen molar-refractivity contribution in [3.63, 3.8) is 0 Å². The summed E-state index contributed by atoms with van der Waals surface area (Å²) < 4.78 is 6.11. The molecular weight excluding hydrogens is 340 g/mol. The van der Waals surface area contributed by atoms with Crippen molar-refractivity contribution in [2.45, 2.75) is 13.8 Å². The van der Waals surface area contributed by atoms with Gasteiger partial charge in [0.1, 0.15) is 0 Å². The fourth-order valence-corrected chi connectivity index (χ4v) is 3.25. The number of ketones is 1. The first-order chi connectivity index (χ1) is 11.9. The van der Waals surface area contributed by atoms with Crippen LogP contribution >= 0.6 is 11.3 Å². The molecule has 2 heterocycles. The number of carbonyl (C=O) groups is 3. The number of rotatable bonds is 4. The van der Waals surface area contributed by atoms with Gasteiger partial charge in [0.25, 0.3) is 0 Å². The number of benzene rings is 1. The maximum Gasteiger partial charge on any atom is 0.357 e. The zero-order valence-electron chi connectivity index (χ0n) is 14.0. The molecule has 128 valence electrons. The minimum absolute atomic E-state index is 0.0929. The third kappa shape index (κ3) is 2.98. The van der Waals surface area contributed by atoms with Gasteiger partial charge in [-0.1, -0.05) is 32.0 Å². The van der Waals surface area contributed by atoms with Crippen LogP contribution in [0.15, 0.2) is 35.8 Å². The molecule has 0 saturated carbocycles. The lowest BCUT2D eigenvalue weighted by Crippen LogP contribution is -2.15. The molecule has 0 amide bonds. The van der Waals surface area contributed by atoms with Gasteiger partial charge in [0.15, 0.2) is 10.7 Å². The molecule has 0 fully saturated rings. The molecule has 25 heavy (non-hydrogen) atoms. The predicted molar refractivity (Wildman–Crippen MR) is 94.3 cm³/mol. The second-order valence-electron chi connectivity index (χ2n) is 5.78. The smallest absolute Gasteiger partial charge is 0.357 e. The van der Waals surface area contributed by atoms with E-state index in [1.54, 1.807) is 18.3 Å². The minimum atomic E-state index is -0.590. The first kappa shape index (κ1) is 17.0. The van der Waals surface area contributed by atoms with E-state index in [-0.39, 0.29) is 28.3 Å². The van der Waals surface area contributed by atoms with E-state index in [1.165, 1.54) is 17.1 Å². The third-order valence-corrected chi connectivity index (χ3v) is 4.62. The minimum Gasteiger partial charge on any atom is -0.464 e. The standard InChI is InChI=1S/C18H16N2O4S/c1-10(2)17(22)20-8-12(11-6-4-5-7-14(11)20)15(21)16-19-13(9-25-16)18(23)24-3/h4-10H,1-3H3. The van der Waals surface area contributed by atoms with Crippen molar-refractivity contribution in [3.05, 3.63) is 52.1 Å². The molecule has 0 unspecified atom stereocenters. The van der Waals surface area contributed by atoms with Crippen molar-refractivity contribution < 1.29 is 19.1 Å². The normalized spacial score (nSPS) is 11.0. The van der Waals surface area contributed by atoms with Gasteiger partial charge in [0.2, 0.25) is 11.7 Å². The van der Waals surface area contributed by atoms with Gasteiger partial charge in [-0.2, -0.15) is 0 Å². The Balaban J connectivity index is 2.09. The fourth-order valence-electron chi connectivity index (χ4n) is 2.51. The number of hydrogen-bond acceptors (Lipinski definition) is 6. The average molecular weight is 356 g/mol. The Bertz CT molecular complexity index is 984. The van der Waals surface area contributed by atoms with Gasteiger partial charge in [-0.25, -0.2) is 9.78 Å². The fraction of sp³-hybridized carbons (Fsp3) is 0.222. The molecule has 3 aromatic rings. The summed E-state index contributed by atoms with van der Waals surface area (Å²) in [7, 11) is 1.26. The van der Waals surface area contributed by atoms with E-state index >= 15 is 0 Å². The summed E-state index contributed by atoms with van der Waals surface area (Å²) in [4.78, 5) is 40.9. The van der Waals surface area contributed by atoms with E-state index in [0.717, 1.165) is 11.3 Å². The van der Waals surface area contributed by atoms with E-state index in [1.807, 2.05) is 26.0 Å². The number of hydrogen-bond donors (Lipinski definition) is 0. The van der Waals surface area contributed by atoms with Crippen LogP contribution in [0, 0.1) is 5.92 Å². The van der Waals surface area contributed by atoms with Crippen LogP contribution in [0.25, 0.3) is 10.9 Å². The largest absolute Gasteiger partial charge is 0.464 e. The zero-order chi connectivity index (χ0) is 18.1. The number of methoxy groups -OCH3 is 1. The number of thiazole rings is 1. The predicted octanol–water partition coefficient (Wildman–Crippen LogP) is 3.41. The molecule has 0 bridgehead atoms. The summed E-state index contributed by atoms with van der Waals surface area (Å²) in [5.74, 6) is -1.21.